The highest BCUT2D eigenvalue weighted by Crippen LogP contribution is 2.42. The summed E-state index contributed by atoms with van der Waals surface area (Å²) in [6, 6.07) is 19.9. The van der Waals surface area contributed by atoms with Gasteiger partial charge in [-0.2, -0.15) is 0 Å². The summed E-state index contributed by atoms with van der Waals surface area (Å²) in [5.74, 6) is 0.266. The summed E-state index contributed by atoms with van der Waals surface area (Å²) in [5.41, 5.74) is 5.19. The summed E-state index contributed by atoms with van der Waals surface area (Å²) in [6.07, 6.45) is 2.66. The minimum Gasteiger partial charge on any atom is -0.506 e. The van der Waals surface area contributed by atoms with Gasteiger partial charge in [-0.05, 0) is 12.0 Å². The van der Waals surface area contributed by atoms with Gasteiger partial charge in [-0.1, -0.05) is 60.7 Å². The number of ether oxygens (including phenoxy) is 1. The summed E-state index contributed by atoms with van der Waals surface area (Å²) < 4.78 is 5.46. The molecule has 5 heteroatoms. The Hall–Kier alpha value is -3.02. The molecule has 1 N–H and O–H groups in total. The molecule has 3 heterocycles. The van der Waals surface area contributed by atoms with E-state index in [2.05, 4.69) is 4.90 Å². The van der Waals surface area contributed by atoms with Crippen molar-refractivity contribution in [1.82, 2.24) is 9.88 Å². The van der Waals surface area contributed by atoms with E-state index in [1.54, 1.807) is 6.20 Å². The van der Waals surface area contributed by atoms with Crippen LogP contribution in [0.2, 0.25) is 0 Å². The van der Waals surface area contributed by atoms with E-state index in [4.69, 9.17) is 14.7 Å². The highest BCUT2D eigenvalue weighted by molar-refractivity contribution is 6.17. The molecule has 1 unspecified atom stereocenters. The van der Waals surface area contributed by atoms with Crippen molar-refractivity contribution in [2.45, 2.75) is 12.5 Å². The number of rotatable bonds is 5. The topological polar surface area (TPSA) is 58.0 Å². The molecule has 0 radical (unpaired) electrons. The second kappa shape index (κ2) is 8.38. The lowest BCUT2D eigenvalue weighted by atomic mass is 9.96. The van der Waals surface area contributed by atoms with E-state index in [1.165, 1.54) is 0 Å². The summed E-state index contributed by atoms with van der Waals surface area (Å²) in [7, 11) is 0. The van der Waals surface area contributed by atoms with Crippen LogP contribution in [-0.2, 0) is 4.74 Å². The van der Waals surface area contributed by atoms with Crippen LogP contribution in [0.3, 0.4) is 0 Å². The fraction of sp³-hybridized carbons (Fsp3) is 0.280. The summed E-state index contributed by atoms with van der Waals surface area (Å²) in [5, 5.41) is 11.3. The lowest BCUT2D eigenvalue weighted by Crippen LogP contribution is -2.37. The standard InChI is InChI=1S/C25H25N3O2/c29-25-20(18-7-3-1-4-8-18)17-26-24-21(11-12-28-13-15-30-16-14-28)27-23(22(24)25)19-9-5-2-6-10-19/h1-10,17,21H,11-16H2,(H,26,29). The molecule has 1 saturated heterocycles. The van der Waals surface area contributed by atoms with E-state index in [1.807, 2.05) is 60.7 Å². The number of aromatic nitrogens is 1. The van der Waals surface area contributed by atoms with Gasteiger partial charge in [-0.15, -0.1) is 0 Å². The molecular formula is C25H25N3O2. The van der Waals surface area contributed by atoms with Crippen LogP contribution >= 0.6 is 0 Å². The summed E-state index contributed by atoms with van der Waals surface area (Å²) in [4.78, 5) is 12.3. The van der Waals surface area contributed by atoms with E-state index in [0.717, 1.165) is 72.9 Å². The molecule has 0 aliphatic carbocycles. The molecule has 2 aromatic carbocycles. The molecule has 5 nitrogen and oxygen atoms in total. The van der Waals surface area contributed by atoms with E-state index >= 15 is 0 Å². The summed E-state index contributed by atoms with van der Waals surface area (Å²) in [6.45, 7) is 4.45. The van der Waals surface area contributed by atoms with Gasteiger partial charge in [0.15, 0.2) is 0 Å². The largest absolute Gasteiger partial charge is 0.506 e. The maximum atomic E-state index is 11.3. The van der Waals surface area contributed by atoms with Crippen molar-refractivity contribution >= 4 is 5.71 Å². The Kier molecular flexibility index (Phi) is 5.30. The van der Waals surface area contributed by atoms with Crippen LogP contribution < -0.4 is 0 Å². The first kappa shape index (κ1) is 19.0. The number of hydrogen-bond acceptors (Lipinski definition) is 5. The second-order valence-corrected chi connectivity index (χ2v) is 7.75. The first-order valence-corrected chi connectivity index (χ1v) is 10.5. The van der Waals surface area contributed by atoms with Gasteiger partial charge in [0.25, 0.3) is 0 Å². The van der Waals surface area contributed by atoms with Crippen LogP contribution in [0, 0.1) is 0 Å². The average Bonchev–Trinajstić information content (AvgIpc) is 3.19. The predicted octanol–water partition coefficient (Wildman–Crippen LogP) is 4.07. The number of benzene rings is 2. The molecule has 0 bridgehead atoms. The molecule has 2 aliphatic rings. The Labute approximate surface area is 176 Å². The van der Waals surface area contributed by atoms with Crippen molar-refractivity contribution in [3.8, 4) is 16.9 Å². The van der Waals surface area contributed by atoms with Gasteiger partial charge < -0.3 is 9.84 Å². The highest BCUT2D eigenvalue weighted by Gasteiger charge is 2.32. The van der Waals surface area contributed by atoms with Crippen molar-refractivity contribution in [3.05, 3.63) is 83.7 Å². The molecule has 0 amide bonds. The quantitative estimate of drug-likeness (QED) is 0.703. The third kappa shape index (κ3) is 3.62. The van der Waals surface area contributed by atoms with Crippen molar-refractivity contribution < 1.29 is 9.84 Å². The molecule has 5 rings (SSSR count). The molecule has 152 valence electrons. The normalized spacial score (nSPS) is 18.8. The lowest BCUT2D eigenvalue weighted by Gasteiger charge is -2.27. The van der Waals surface area contributed by atoms with E-state index in [-0.39, 0.29) is 11.8 Å². The Bertz CT molecular complexity index is 1040. The van der Waals surface area contributed by atoms with Crippen LogP contribution in [0.4, 0.5) is 0 Å². The van der Waals surface area contributed by atoms with Gasteiger partial charge in [0.2, 0.25) is 0 Å². The molecule has 1 aromatic heterocycles. The van der Waals surface area contributed by atoms with Crippen LogP contribution in [0.5, 0.6) is 5.75 Å². The monoisotopic (exact) mass is 399 g/mol. The fourth-order valence-corrected chi connectivity index (χ4v) is 4.26. The van der Waals surface area contributed by atoms with Gasteiger partial charge in [0.1, 0.15) is 5.75 Å². The number of aliphatic imine (C=N–C) groups is 1. The molecule has 3 aromatic rings. The minimum absolute atomic E-state index is 0.0474. The Morgan fingerprint density at radius 3 is 2.30 bits per heavy atom. The zero-order chi connectivity index (χ0) is 20.3. The number of morpholine rings is 1. The SMILES string of the molecule is Oc1c(-c2ccccc2)cnc2c1C(c1ccccc1)=NC2CCN1CCOCC1. The predicted molar refractivity (Wildman–Crippen MR) is 118 cm³/mol. The Morgan fingerprint density at radius 1 is 0.933 bits per heavy atom. The Morgan fingerprint density at radius 2 is 1.60 bits per heavy atom. The molecule has 0 saturated carbocycles. The molecule has 0 spiro atoms. The molecule has 2 aliphatic heterocycles. The van der Waals surface area contributed by atoms with E-state index < -0.39 is 0 Å². The molecular weight excluding hydrogens is 374 g/mol. The molecule has 1 fully saturated rings. The van der Waals surface area contributed by atoms with Crippen molar-refractivity contribution in [2.24, 2.45) is 4.99 Å². The maximum absolute atomic E-state index is 11.3. The third-order valence-electron chi connectivity index (χ3n) is 5.87. The number of fused-ring (bicyclic) bond motifs is 1. The van der Waals surface area contributed by atoms with Crippen LogP contribution in [0.1, 0.15) is 29.3 Å². The average molecular weight is 399 g/mol. The van der Waals surface area contributed by atoms with E-state index in [0.29, 0.717) is 0 Å². The first-order valence-electron chi connectivity index (χ1n) is 10.5. The minimum atomic E-state index is -0.0474. The van der Waals surface area contributed by atoms with E-state index in [9.17, 15) is 5.11 Å². The van der Waals surface area contributed by atoms with Gasteiger partial charge in [-0.25, -0.2) is 0 Å². The Balaban J connectivity index is 1.52. The van der Waals surface area contributed by atoms with Gasteiger partial charge in [0, 0.05) is 37.0 Å². The second-order valence-electron chi connectivity index (χ2n) is 7.75. The van der Waals surface area contributed by atoms with Crippen LogP contribution in [0.25, 0.3) is 11.1 Å². The highest BCUT2D eigenvalue weighted by atomic mass is 16.5. The third-order valence-corrected chi connectivity index (χ3v) is 5.87. The fourth-order valence-electron chi connectivity index (χ4n) is 4.26. The van der Waals surface area contributed by atoms with Crippen LogP contribution in [-0.4, -0.2) is 53.6 Å². The van der Waals surface area contributed by atoms with Crippen molar-refractivity contribution in [3.63, 3.8) is 0 Å². The smallest absolute Gasteiger partial charge is 0.136 e. The zero-order valence-corrected chi connectivity index (χ0v) is 16.9. The number of pyridine rings is 1. The van der Waals surface area contributed by atoms with Crippen LogP contribution in [0.15, 0.2) is 71.9 Å². The number of hydrogen-bond donors (Lipinski definition) is 1. The zero-order valence-electron chi connectivity index (χ0n) is 16.9. The van der Waals surface area contributed by atoms with Gasteiger partial charge in [-0.3, -0.25) is 14.9 Å². The molecule has 30 heavy (non-hydrogen) atoms. The lowest BCUT2D eigenvalue weighted by molar-refractivity contribution is 0.0366. The van der Waals surface area contributed by atoms with Gasteiger partial charge in [0.05, 0.1) is 36.2 Å². The first-order chi connectivity index (χ1) is 14.8. The molecule has 1 atom stereocenters. The van der Waals surface area contributed by atoms with Gasteiger partial charge >= 0.3 is 0 Å². The number of aromatic hydroxyl groups is 1. The maximum Gasteiger partial charge on any atom is 0.136 e. The van der Waals surface area contributed by atoms with Crippen molar-refractivity contribution in [2.75, 3.05) is 32.8 Å². The summed E-state index contributed by atoms with van der Waals surface area (Å²) >= 11 is 0. The number of nitrogens with zero attached hydrogens (tertiary/aromatic N) is 3. The van der Waals surface area contributed by atoms with Crippen molar-refractivity contribution in [1.29, 1.82) is 0 Å².